The lowest BCUT2D eigenvalue weighted by molar-refractivity contribution is 0.0272. The van der Waals surface area contributed by atoms with Crippen LogP contribution in [0.2, 0.25) is 0 Å². The third-order valence-electron chi connectivity index (χ3n) is 2.58. The van der Waals surface area contributed by atoms with E-state index >= 15 is 0 Å². The summed E-state index contributed by atoms with van der Waals surface area (Å²) in [5.41, 5.74) is 1.35. The van der Waals surface area contributed by atoms with Crippen molar-refractivity contribution in [1.82, 2.24) is 0 Å². The van der Waals surface area contributed by atoms with Crippen molar-refractivity contribution in [3.05, 3.63) is 29.8 Å². The third-order valence-corrected chi connectivity index (χ3v) is 2.58. The molecule has 0 saturated carbocycles. The standard InChI is InChI=1S/C12H15NO3/c1-13-11-5-3-2-4-10(11)12(14)16-9-6-7-15-8-9/h2-5,9,13H,6-8H2,1H3. The van der Waals surface area contributed by atoms with Crippen LogP contribution in [0.25, 0.3) is 0 Å². The van der Waals surface area contributed by atoms with Gasteiger partial charge in [-0.25, -0.2) is 4.79 Å². The third kappa shape index (κ3) is 2.33. The van der Waals surface area contributed by atoms with Crippen LogP contribution in [-0.2, 0) is 9.47 Å². The molecular weight excluding hydrogens is 206 g/mol. The summed E-state index contributed by atoms with van der Waals surface area (Å²) in [6.45, 7) is 1.18. The quantitative estimate of drug-likeness (QED) is 0.789. The van der Waals surface area contributed by atoms with Gasteiger partial charge in [0, 0.05) is 19.2 Å². The summed E-state index contributed by atoms with van der Waals surface area (Å²) in [6, 6.07) is 7.30. The molecule has 0 bridgehead atoms. The zero-order valence-electron chi connectivity index (χ0n) is 9.23. The highest BCUT2D eigenvalue weighted by molar-refractivity contribution is 5.95. The van der Waals surface area contributed by atoms with Crippen LogP contribution in [0, 0.1) is 0 Å². The van der Waals surface area contributed by atoms with Crippen LogP contribution >= 0.6 is 0 Å². The van der Waals surface area contributed by atoms with E-state index < -0.39 is 0 Å². The van der Waals surface area contributed by atoms with E-state index in [-0.39, 0.29) is 12.1 Å². The molecule has 0 radical (unpaired) electrons. The highest BCUT2D eigenvalue weighted by Crippen LogP contribution is 2.18. The zero-order valence-corrected chi connectivity index (χ0v) is 9.23. The van der Waals surface area contributed by atoms with E-state index in [2.05, 4.69) is 5.32 Å². The normalized spacial score (nSPS) is 19.4. The second-order valence-electron chi connectivity index (χ2n) is 3.69. The van der Waals surface area contributed by atoms with Crippen LogP contribution in [0.1, 0.15) is 16.8 Å². The average molecular weight is 221 g/mol. The second-order valence-corrected chi connectivity index (χ2v) is 3.69. The number of carbonyl (C=O) groups excluding carboxylic acids is 1. The molecule has 4 nitrogen and oxygen atoms in total. The number of hydrogen-bond acceptors (Lipinski definition) is 4. The molecule has 1 unspecified atom stereocenters. The average Bonchev–Trinajstić information content (AvgIpc) is 2.81. The molecule has 1 N–H and O–H groups in total. The zero-order chi connectivity index (χ0) is 11.4. The molecule has 16 heavy (non-hydrogen) atoms. The summed E-state index contributed by atoms with van der Waals surface area (Å²) in [5.74, 6) is -0.291. The minimum atomic E-state index is -0.291. The maximum Gasteiger partial charge on any atom is 0.340 e. The largest absolute Gasteiger partial charge is 0.456 e. The van der Waals surface area contributed by atoms with Gasteiger partial charge in [0.05, 0.1) is 18.8 Å². The molecular formula is C12H15NO3. The number of esters is 1. The van der Waals surface area contributed by atoms with Crippen molar-refractivity contribution < 1.29 is 14.3 Å². The molecule has 86 valence electrons. The molecule has 1 heterocycles. The van der Waals surface area contributed by atoms with Gasteiger partial charge in [0.15, 0.2) is 0 Å². The number of anilines is 1. The molecule has 1 aromatic carbocycles. The van der Waals surface area contributed by atoms with E-state index in [1.807, 2.05) is 18.2 Å². The molecule has 0 aromatic heterocycles. The SMILES string of the molecule is CNc1ccccc1C(=O)OC1CCOC1. The van der Waals surface area contributed by atoms with Gasteiger partial charge in [-0.15, -0.1) is 0 Å². The topological polar surface area (TPSA) is 47.6 Å². The van der Waals surface area contributed by atoms with Crippen LogP contribution in [-0.4, -0.2) is 32.3 Å². The molecule has 1 aromatic rings. The van der Waals surface area contributed by atoms with Crippen molar-refractivity contribution in [1.29, 1.82) is 0 Å². The van der Waals surface area contributed by atoms with Crippen molar-refractivity contribution >= 4 is 11.7 Å². The van der Waals surface area contributed by atoms with Crippen LogP contribution in [0.3, 0.4) is 0 Å². The fourth-order valence-corrected chi connectivity index (χ4v) is 1.70. The van der Waals surface area contributed by atoms with E-state index in [4.69, 9.17) is 9.47 Å². The van der Waals surface area contributed by atoms with Gasteiger partial charge in [0.2, 0.25) is 0 Å². The highest BCUT2D eigenvalue weighted by atomic mass is 16.6. The van der Waals surface area contributed by atoms with Crippen molar-refractivity contribution in [2.24, 2.45) is 0 Å². The first-order valence-corrected chi connectivity index (χ1v) is 5.37. The van der Waals surface area contributed by atoms with Gasteiger partial charge in [0.1, 0.15) is 6.10 Å². The monoisotopic (exact) mass is 221 g/mol. The van der Waals surface area contributed by atoms with Crippen LogP contribution in [0.4, 0.5) is 5.69 Å². The maximum atomic E-state index is 11.9. The van der Waals surface area contributed by atoms with Crippen molar-refractivity contribution in [3.63, 3.8) is 0 Å². The Hall–Kier alpha value is -1.55. The van der Waals surface area contributed by atoms with Crippen molar-refractivity contribution in [3.8, 4) is 0 Å². The minimum absolute atomic E-state index is 0.0996. The summed E-state index contributed by atoms with van der Waals surface area (Å²) >= 11 is 0. The lowest BCUT2D eigenvalue weighted by atomic mass is 10.2. The Labute approximate surface area is 94.6 Å². The Bertz CT molecular complexity index is 372. The van der Waals surface area contributed by atoms with Gasteiger partial charge in [-0.1, -0.05) is 12.1 Å². The molecule has 1 aliphatic heterocycles. The predicted octanol–water partition coefficient (Wildman–Crippen LogP) is 1.67. The first-order chi connectivity index (χ1) is 7.81. The van der Waals surface area contributed by atoms with Gasteiger partial charge < -0.3 is 14.8 Å². The molecule has 1 atom stereocenters. The molecule has 4 heteroatoms. The summed E-state index contributed by atoms with van der Waals surface area (Å²) < 4.78 is 10.5. The number of nitrogens with one attached hydrogen (secondary N) is 1. The second kappa shape index (κ2) is 4.99. The highest BCUT2D eigenvalue weighted by Gasteiger charge is 2.21. The van der Waals surface area contributed by atoms with Crippen LogP contribution in [0.5, 0.6) is 0 Å². The Balaban J connectivity index is 2.07. The van der Waals surface area contributed by atoms with E-state index in [0.29, 0.717) is 18.8 Å². The van der Waals surface area contributed by atoms with Gasteiger partial charge in [0.25, 0.3) is 0 Å². The van der Waals surface area contributed by atoms with Crippen molar-refractivity contribution in [2.75, 3.05) is 25.6 Å². The molecule has 1 aliphatic rings. The molecule has 0 amide bonds. The summed E-state index contributed by atoms with van der Waals surface area (Å²) in [5, 5.41) is 2.97. The summed E-state index contributed by atoms with van der Waals surface area (Å²) in [6.07, 6.45) is 0.686. The Morgan fingerprint density at radius 1 is 1.50 bits per heavy atom. The van der Waals surface area contributed by atoms with Crippen LogP contribution in [0.15, 0.2) is 24.3 Å². The fraction of sp³-hybridized carbons (Fsp3) is 0.417. The minimum Gasteiger partial charge on any atom is -0.456 e. The lowest BCUT2D eigenvalue weighted by Crippen LogP contribution is -2.18. The van der Waals surface area contributed by atoms with E-state index in [9.17, 15) is 4.79 Å². The van der Waals surface area contributed by atoms with Gasteiger partial charge >= 0.3 is 5.97 Å². The number of rotatable bonds is 3. The molecule has 1 saturated heterocycles. The summed E-state index contributed by atoms with van der Waals surface area (Å²) in [4.78, 5) is 11.9. The first kappa shape index (κ1) is 11.0. The molecule has 1 fully saturated rings. The van der Waals surface area contributed by atoms with Crippen LogP contribution < -0.4 is 5.32 Å². The smallest absolute Gasteiger partial charge is 0.340 e. The van der Waals surface area contributed by atoms with Crippen molar-refractivity contribution in [2.45, 2.75) is 12.5 Å². The maximum absolute atomic E-state index is 11.9. The molecule has 0 aliphatic carbocycles. The Kier molecular flexibility index (Phi) is 3.41. The number of para-hydroxylation sites is 1. The van der Waals surface area contributed by atoms with E-state index in [0.717, 1.165) is 12.1 Å². The van der Waals surface area contributed by atoms with Gasteiger partial charge in [-0.2, -0.15) is 0 Å². The molecule has 2 rings (SSSR count). The number of hydrogen-bond donors (Lipinski definition) is 1. The number of carbonyl (C=O) groups is 1. The lowest BCUT2D eigenvalue weighted by Gasteiger charge is -2.12. The van der Waals surface area contributed by atoms with E-state index in [1.165, 1.54) is 0 Å². The Morgan fingerprint density at radius 2 is 2.31 bits per heavy atom. The fourth-order valence-electron chi connectivity index (χ4n) is 1.70. The number of ether oxygens (including phenoxy) is 2. The molecule has 0 spiro atoms. The predicted molar refractivity (Wildman–Crippen MR) is 60.6 cm³/mol. The number of benzene rings is 1. The summed E-state index contributed by atoms with van der Waals surface area (Å²) in [7, 11) is 1.78. The van der Waals surface area contributed by atoms with Gasteiger partial charge in [-0.05, 0) is 12.1 Å². The Morgan fingerprint density at radius 3 is 3.00 bits per heavy atom. The first-order valence-electron chi connectivity index (χ1n) is 5.37. The van der Waals surface area contributed by atoms with E-state index in [1.54, 1.807) is 13.1 Å². The van der Waals surface area contributed by atoms with Gasteiger partial charge in [-0.3, -0.25) is 0 Å².